The van der Waals surface area contributed by atoms with Crippen LogP contribution in [0, 0.1) is 0 Å². The number of esters is 2. The van der Waals surface area contributed by atoms with Gasteiger partial charge in [0, 0.05) is 12.8 Å². The summed E-state index contributed by atoms with van der Waals surface area (Å²) in [6.07, 6.45) is 53.3. The fraction of sp³-hybridized carbons (Fsp3) is 0.604. The largest absolute Gasteiger partial charge is 0.480 e. The highest BCUT2D eigenvalue weighted by molar-refractivity contribution is 7.47. The summed E-state index contributed by atoms with van der Waals surface area (Å²) in [7, 11) is -4.75. The van der Waals surface area contributed by atoms with Gasteiger partial charge in [-0.05, 0) is 96.3 Å². The zero-order valence-electron chi connectivity index (χ0n) is 36.8. The van der Waals surface area contributed by atoms with Crippen LogP contribution in [0.1, 0.15) is 155 Å². The van der Waals surface area contributed by atoms with Gasteiger partial charge in [0.1, 0.15) is 12.6 Å². The van der Waals surface area contributed by atoms with E-state index in [0.29, 0.717) is 19.3 Å². The predicted molar refractivity (Wildman–Crippen MR) is 244 cm³/mol. The van der Waals surface area contributed by atoms with Gasteiger partial charge in [0.05, 0.1) is 13.2 Å². The fourth-order valence-corrected chi connectivity index (χ4v) is 6.05. The predicted octanol–water partition coefficient (Wildman–Crippen LogP) is 12.1. The van der Waals surface area contributed by atoms with Gasteiger partial charge in [-0.1, -0.05) is 143 Å². The third kappa shape index (κ3) is 41.1. The minimum absolute atomic E-state index is 0.106. The first-order valence-electron chi connectivity index (χ1n) is 22.3. The van der Waals surface area contributed by atoms with Gasteiger partial charge in [0.15, 0.2) is 6.10 Å². The van der Waals surface area contributed by atoms with Crippen molar-refractivity contribution in [1.82, 2.24) is 0 Å². The van der Waals surface area contributed by atoms with Crippen LogP contribution in [0.25, 0.3) is 0 Å². The van der Waals surface area contributed by atoms with Crippen LogP contribution in [0.5, 0.6) is 0 Å². The van der Waals surface area contributed by atoms with Gasteiger partial charge in [-0.15, -0.1) is 0 Å². The number of hydrogen-bond donors (Lipinski definition) is 3. The number of carboxylic acid groups (broad SMARTS) is 1. The molecule has 0 fully saturated rings. The lowest BCUT2D eigenvalue weighted by molar-refractivity contribution is -0.161. The third-order valence-corrected chi connectivity index (χ3v) is 9.76. The molecule has 0 aliphatic rings. The molecule has 0 radical (unpaired) electrons. The molecule has 4 N–H and O–H groups in total. The maximum atomic E-state index is 12.6. The van der Waals surface area contributed by atoms with E-state index in [0.717, 1.165) is 70.6 Å². The Bertz CT molecular complexity index is 1380. The van der Waals surface area contributed by atoms with Gasteiger partial charge in [0.2, 0.25) is 0 Å². The first-order valence-corrected chi connectivity index (χ1v) is 23.8. The zero-order chi connectivity index (χ0) is 44.2. The molecule has 0 saturated heterocycles. The minimum atomic E-state index is -4.75. The summed E-state index contributed by atoms with van der Waals surface area (Å²) in [6.45, 7) is 2.64. The molecular weight excluding hydrogens is 781 g/mol. The maximum absolute atomic E-state index is 12.6. The number of allylic oxidation sites excluding steroid dienone is 16. The molecule has 0 aliphatic heterocycles. The number of carbonyl (C=O) groups excluding carboxylic acids is 2. The quantitative estimate of drug-likeness (QED) is 0.0232. The normalized spacial score (nSPS) is 14.6. The molecule has 0 amide bonds. The molecule has 3 atom stereocenters. The van der Waals surface area contributed by atoms with Crippen LogP contribution in [-0.2, 0) is 37.5 Å². The van der Waals surface area contributed by atoms with Crippen molar-refractivity contribution in [1.29, 1.82) is 0 Å². The number of carboxylic acids is 1. The summed E-state index contributed by atoms with van der Waals surface area (Å²) < 4.78 is 32.6. The van der Waals surface area contributed by atoms with E-state index in [4.69, 9.17) is 24.8 Å². The van der Waals surface area contributed by atoms with E-state index in [-0.39, 0.29) is 12.8 Å². The molecule has 0 aromatic rings. The van der Waals surface area contributed by atoms with Crippen molar-refractivity contribution in [3.05, 3.63) is 97.2 Å². The molecular formula is C48H78NO10P. The van der Waals surface area contributed by atoms with Crippen molar-refractivity contribution in [3.63, 3.8) is 0 Å². The second-order valence-corrected chi connectivity index (χ2v) is 15.9. The second kappa shape index (κ2) is 42.1. The number of unbranched alkanes of at least 4 members (excludes halogenated alkanes) is 10. The van der Waals surface area contributed by atoms with Crippen molar-refractivity contribution < 1.29 is 47.5 Å². The number of rotatable bonds is 40. The second-order valence-electron chi connectivity index (χ2n) is 14.5. The van der Waals surface area contributed by atoms with Crippen LogP contribution < -0.4 is 5.73 Å². The summed E-state index contributed by atoms with van der Waals surface area (Å²) in [5.74, 6) is -2.50. The van der Waals surface area contributed by atoms with Crippen molar-refractivity contribution in [3.8, 4) is 0 Å². The summed E-state index contributed by atoms with van der Waals surface area (Å²) in [5, 5.41) is 8.89. The fourth-order valence-electron chi connectivity index (χ4n) is 5.27. The van der Waals surface area contributed by atoms with Crippen molar-refractivity contribution >= 4 is 25.7 Å². The zero-order valence-corrected chi connectivity index (χ0v) is 37.6. The van der Waals surface area contributed by atoms with Crippen LogP contribution in [0.2, 0.25) is 0 Å². The third-order valence-electron chi connectivity index (χ3n) is 8.80. The van der Waals surface area contributed by atoms with Crippen molar-refractivity contribution in [2.24, 2.45) is 5.73 Å². The molecule has 0 bridgehead atoms. The van der Waals surface area contributed by atoms with Crippen LogP contribution in [0.3, 0.4) is 0 Å². The smallest absolute Gasteiger partial charge is 0.472 e. The van der Waals surface area contributed by atoms with Gasteiger partial charge in [-0.2, -0.15) is 0 Å². The van der Waals surface area contributed by atoms with Gasteiger partial charge in [-0.3, -0.25) is 23.4 Å². The molecule has 0 heterocycles. The molecule has 0 saturated carbocycles. The standard InChI is InChI=1S/C48H78NO10P/c1-3-5-7-9-11-13-15-17-19-21-22-24-26-28-30-32-34-36-38-40-47(51)59-44(42-57-60(54,55)58-43-45(49)48(52)53)41-56-46(50)39-37-35-33-31-29-27-25-23-20-18-16-14-12-10-8-6-4-2/h11-14,17-20,22,24-25,27-28,30-31,33,44-45H,3-10,15-16,21,23,26,29,32,34-43,49H2,1-2H3,(H,52,53)(H,54,55)/b13-11+,14-12+,19-17+,20-18+,24-22+,27-25+,30-28+,33-31+/t44-,45+/m1/s1. The number of aliphatic carboxylic acids is 1. The number of nitrogens with two attached hydrogens (primary N) is 1. The number of ether oxygens (including phenoxy) is 2. The number of hydrogen-bond acceptors (Lipinski definition) is 9. The summed E-state index contributed by atoms with van der Waals surface area (Å²) in [4.78, 5) is 46.0. The number of carbonyl (C=O) groups is 3. The van der Waals surface area contributed by atoms with Gasteiger partial charge in [-0.25, -0.2) is 4.57 Å². The lowest BCUT2D eigenvalue weighted by atomic mass is 10.1. The lowest BCUT2D eigenvalue weighted by Crippen LogP contribution is -2.34. The highest BCUT2D eigenvalue weighted by Gasteiger charge is 2.28. The van der Waals surface area contributed by atoms with E-state index < -0.39 is 57.7 Å². The molecule has 0 aromatic heterocycles. The van der Waals surface area contributed by atoms with Crippen molar-refractivity contribution in [2.45, 2.75) is 167 Å². The average Bonchev–Trinajstić information content (AvgIpc) is 3.22. The molecule has 340 valence electrons. The first-order chi connectivity index (χ1) is 29.1. The Morgan fingerprint density at radius 1 is 0.517 bits per heavy atom. The average molecular weight is 860 g/mol. The maximum Gasteiger partial charge on any atom is 0.472 e. The topological polar surface area (TPSA) is 172 Å². The summed E-state index contributed by atoms with van der Waals surface area (Å²) >= 11 is 0. The Morgan fingerprint density at radius 3 is 1.33 bits per heavy atom. The SMILES string of the molecule is CCCCC/C=C/C/C=C/C/C=C/C/C=C/CCCCCC(=O)O[C@H](COC(=O)CCC/C=C/C/C=C/C/C=C/C/C=C/CCCCC)COP(=O)(O)OC[C@H](N)C(=O)O. The van der Waals surface area contributed by atoms with Crippen LogP contribution >= 0.6 is 7.82 Å². The molecule has 0 aliphatic carbocycles. The molecule has 0 aromatic carbocycles. The molecule has 12 heteroatoms. The van der Waals surface area contributed by atoms with Crippen molar-refractivity contribution in [2.75, 3.05) is 19.8 Å². The van der Waals surface area contributed by atoms with E-state index in [1.807, 2.05) is 12.2 Å². The van der Waals surface area contributed by atoms with Gasteiger partial charge in [0.25, 0.3) is 0 Å². The Labute approximate surface area is 362 Å². The van der Waals surface area contributed by atoms with Crippen LogP contribution in [0.15, 0.2) is 97.2 Å². The molecule has 11 nitrogen and oxygen atoms in total. The van der Waals surface area contributed by atoms with E-state index >= 15 is 0 Å². The van der Waals surface area contributed by atoms with Crippen LogP contribution in [0.4, 0.5) is 0 Å². The van der Waals surface area contributed by atoms with E-state index in [2.05, 4.69) is 103 Å². The highest BCUT2D eigenvalue weighted by atomic mass is 31.2. The van der Waals surface area contributed by atoms with E-state index in [1.54, 1.807) is 0 Å². The molecule has 60 heavy (non-hydrogen) atoms. The monoisotopic (exact) mass is 860 g/mol. The Hall–Kier alpha value is -3.60. The highest BCUT2D eigenvalue weighted by Crippen LogP contribution is 2.43. The van der Waals surface area contributed by atoms with Gasteiger partial charge < -0.3 is 25.2 Å². The van der Waals surface area contributed by atoms with E-state index in [9.17, 15) is 23.8 Å². The summed E-state index contributed by atoms with van der Waals surface area (Å²) in [6, 6.07) is -1.54. The molecule has 0 rings (SSSR count). The van der Waals surface area contributed by atoms with Crippen LogP contribution in [-0.4, -0.2) is 59.9 Å². The Kier molecular flexibility index (Phi) is 39.6. The molecule has 1 unspecified atom stereocenters. The summed E-state index contributed by atoms with van der Waals surface area (Å²) in [5.41, 5.74) is 5.33. The Balaban J connectivity index is 4.54. The Morgan fingerprint density at radius 2 is 0.900 bits per heavy atom. The molecule has 0 spiro atoms. The van der Waals surface area contributed by atoms with Gasteiger partial charge >= 0.3 is 25.7 Å². The lowest BCUT2D eigenvalue weighted by Gasteiger charge is -2.20. The number of phosphoric acid groups is 1. The van der Waals surface area contributed by atoms with E-state index in [1.165, 1.54) is 38.5 Å². The minimum Gasteiger partial charge on any atom is -0.480 e. The first kappa shape index (κ1) is 56.4. The number of phosphoric ester groups is 1.